The molecule has 0 aromatic heterocycles. The Bertz CT molecular complexity index is 646. The highest BCUT2D eigenvalue weighted by molar-refractivity contribution is 5.77. The van der Waals surface area contributed by atoms with Crippen molar-refractivity contribution in [2.24, 2.45) is 11.7 Å². The zero-order chi connectivity index (χ0) is 18.5. The van der Waals surface area contributed by atoms with Gasteiger partial charge in [-0.2, -0.15) is 0 Å². The molecule has 0 saturated carbocycles. The van der Waals surface area contributed by atoms with Gasteiger partial charge >= 0.3 is 0 Å². The lowest BCUT2D eigenvalue weighted by molar-refractivity contribution is -0.141. The number of amides is 1. The average Bonchev–Trinajstić information content (AvgIpc) is 2.63. The minimum atomic E-state index is 0.281. The number of hydrogen-bond donors (Lipinski definition) is 1. The smallest absolute Gasteiger partial charge is 0.222 e. The van der Waals surface area contributed by atoms with Crippen molar-refractivity contribution in [2.75, 3.05) is 32.8 Å². The summed E-state index contributed by atoms with van der Waals surface area (Å²) in [6.45, 7) is 10.6. The Morgan fingerprint density at radius 3 is 2.92 bits per heavy atom. The fourth-order valence-electron chi connectivity index (χ4n) is 4.22. The van der Waals surface area contributed by atoms with E-state index in [2.05, 4.69) is 23.6 Å². The SMILES string of the molecule is C=C(C)COc1ccccc1CN1CC[C@@H]2[C@@H](CCC(=O)N2CCN)C1. The number of fused-ring (bicyclic) bond motifs is 1. The Balaban J connectivity index is 1.63. The molecule has 26 heavy (non-hydrogen) atoms. The lowest BCUT2D eigenvalue weighted by Gasteiger charge is -2.47. The molecular weight excluding hydrogens is 326 g/mol. The number of carbonyl (C=O) groups is 1. The van der Waals surface area contributed by atoms with Crippen molar-refractivity contribution in [1.82, 2.24) is 9.80 Å². The van der Waals surface area contributed by atoms with Crippen molar-refractivity contribution in [3.05, 3.63) is 42.0 Å². The molecule has 2 saturated heterocycles. The monoisotopic (exact) mass is 357 g/mol. The summed E-state index contributed by atoms with van der Waals surface area (Å²) >= 11 is 0. The van der Waals surface area contributed by atoms with E-state index in [9.17, 15) is 4.79 Å². The quantitative estimate of drug-likeness (QED) is 0.762. The fourth-order valence-corrected chi connectivity index (χ4v) is 4.22. The van der Waals surface area contributed by atoms with Crippen LogP contribution in [0.15, 0.2) is 36.4 Å². The summed E-state index contributed by atoms with van der Waals surface area (Å²) in [5.41, 5.74) is 7.96. The topological polar surface area (TPSA) is 58.8 Å². The van der Waals surface area contributed by atoms with Crippen molar-refractivity contribution >= 4 is 5.91 Å². The number of carbonyl (C=O) groups excluding carboxylic acids is 1. The van der Waals surface area contributed by atoms with Gasteiger partial charge in [-0.1, -0.05) is 24.8 Å². The highest BCUT2D eigenvalue weighted by atomic mass is 16.5. The molecule has 2 heterocycles. The Labute approximate surface area is 156 Å². The van der Waals surface area contributed by atoms with Gasteiger partial charge in [0, 0.05) is 50.7 Å². The molecule has 2 aliphatic rings. The maximum absolute atomic E-state index is 12.2. The van der Waals surface area contributed by atoms with Crippen LogP contribution in [0, 0.1) is 5.92 Å². The molecule has 5 heteroatoms. The van der Waals surface area contributed by atoms with Gasteiger partial charge in [0.25, 0.3) is 0 Å². The molecule has 142 valence electrons. The molecule has 2 atom stereocenters. The second-order valence-electron chi connectivity index (χ2n) is 7.62. The molecule has 0 bridgehead atoms. The van der Waals surface area contributed by atoms with Crippen LogP contribution in [0.1, 0.15) is 31.7 Å². The van der Waals surface area contributed by atoms with Crippen molar-refractivity contribution in [2.45, 2.75) is 38.8 Å². The van der Waals surface area contributed by atoms with E-state index in [1.807, 2.05) is 24.0 Å². The molecular formula is C21H31N3O2. The average molecular weight is 357 g/mol. The number of nitrogens with two attached hydrogens (primary N) is 1. The van der Waals surface area contributed by atoms with Gasteiger partial charge in [0.2, 0.25) is 5.91 Å². The molecule has 3 rings (SSSR count). The number of rotatable bonds is 7. The first-order valence-electron chi connectivity index (χ1n) is 9.65. The van der Waals surface area contributed by atoms with Crippen LogP contribution < -0.4 is 10.5 Å². The van der Waals surface area contributed by atoms with Crippen LogP contribution >= 0.6 is 0 Å². The summed E-state index contributed by atoms with van der Waals surface area (Å²) < 4.78 is 5.92. The molecule has 5 nitrogen and oxygen atoms in total. The predicted octanol–water partition coefficient (Wildman–Crippen LogP) is 2.41. The number of benzene rings is 1. The summed E-state index contributed by atoms with van der Waals surface area (Å²) in [6, 6.07) is 8.63. The number of para-hydroxylation sites is 1. The van der Waals surface area contributed by atoms with E-state index in [4.69, 9.17) is 10.5 Å². The van der Waals surface area contributed by atoms with Crippen molar-refractivity contribution in [3.63, 3.8) is 0 Å². The highest BCUT2D eigenvalue weighted by Gasteiger charge is 2.38. The van der Waals surface area contributed by atoms with Gasteiger partial charge in [-0.3, -0.25) is 9.69 Å². The maximum Gasteiger partial charge on any atom is 0.222 e. The van der Waals surface area contributed by atoms with Crippen LogP contribution in [0.5, 0.6) is 5.75 Å². The van der Waals surface area contributed by atoms with Gasteiger partial charge in [-0.15, -0.1) is 0 Å². The van der Waals surface area contributed by atoms with E-state index in [1.54, 1.807) is 0 Å². The first-order valence-corrected chi connectivity index (χ1v) is 9.65. The zero-order valence-electron chi connectivity index (χ0n) is 15.8. The maximum atomic E-state index is 12.2. The fraction of sp³-hybridized carbons (Fsp3) is 0.571. The Morgan fingerprint density at radius 1 is 1.35 bits per heavy atom. The molecule has 1 aromatic carbocycles. The number of likely N-dealkylation sites (tertiary alicyclic amines) is 2. The molecule has 2 N–H and O–H groups in total. The third-order valence-corrected chi connectivity index (χ3v) is 5.44. The summed E-state index contributed by atoms with van der Waals surface area (Å²) in [6.07, 6.45) is 2.69. The third kappa shape index (κ3) is 4.46. The zero-order valence-corrected chi connectivity index (χ0v) is 15.8. The Kier molecular flexibility index (Phi) is 6.33. The van der Waals surface area contributed by atoms with Crippen molar-refractivity contribution in [3.8, 4) is 5.75 Å². The van der Waals surface area contributed by atoms with Crippen LogP contribution in [-0.4, -0.2) is 54.5 Å². The molecule has 2 aliphatic heterocycles. The summed E-state index contributed by atoms with van der Waals surface area (Å²) in [5.74, 6) is 1.78. The standard InChI is InChI=1S/C21H31N3O2/c1-16(2)15-26-20-6-4-3-5-18(20)14-23-11-9-19-17(13-23)7-8-21(25)24(19)12-10-22/h3-6,17,19H,1,7-15,22H2,2H3/t17-,19+/m0/s1. The van der Waals surface area contributed by atoms with E-state index in [1.165, 1.54) is 5.56 Å². The van der Waals surface area contributed by atoms with Crippen LogP contribution in [0.25, 0.3) is 0 Å². The third-order valence-electron chi connectivity index (χ3n) is 5.44. The molecule has 0 spiro atoms. The molecule has 2 fully saturated rings. The van der Waals surface area contributed by atoms with Crippen LogP contribution in [0.2, 0.25) is 0 Å². The van der Waals surface area contributed by atoms with E-state index in [0.29, 0.717) is 38.1 Å². The second kappa shape index (κ2) is 8.69. The normalized spacial score (nSPS) is 23.6. The van der Waals surface area contributed by atoms with Gasteiger partial charge in [-0.05, 0) is 37.3 Å². The highest BCUT2D eigenvalue weighted by Crippen LogP contribution is 2.32. The van der Waals surface area contributed by atoms with E-state index < -0.39 is 0 Å². The first-order chi connectivity index (χ1) is 12.6. The van der Waals surface area contributed by atoms with Gasteiger partial charge < -0.3 is 15.4 Å². The summed E-state index contributed by atoms with van der Waals surface area (Å²) in [7, 11) is 0. The number of nitrogens with zero attached hydrogens (tertiary/aromatic N) is 2. The van der Waals surface area contributed by atoms with Gasteiger partial charge in [0.1, 0.15) is 12.4 Å². The molecule has 0 unspecified atom stereocenters. The predicted molar refractivity (Wildman–Crippen MR) is 104 cm³/mol. The number of hydrogen-bond acceptors (Lipinski definition) is 4. The van der Waals surface area contributed by atoms with Gasteiger partial charge in [0.15, 0.2) is 0 Å². The van der Waals surface area contributed by atoms with Crippen molar-refractivity contribution < 1.29 is 9.53 Å². The lowest BCUT2D eigenvalue weighted by Crippen LogP contribution is -2.56. The minimum absolute atomic E-state index is 0.281. The molecule has 1 aromatic rings. The molecule has 0 aliphatic carbocycles. The van der Waals surface area contributed by atoms with Crippen molar-refractivity contribution in [1.29, 1.82) is 0 Å². The second-order valence-corrected chi connectivity index (χ2v) is 7.62. The van der Waals surface area contributed by atoms with Gasteiger partial charge in [0.05, 0.1) is 0 Å². The Hall–Kier alpha value is -1.85. The van der Waals surface area contributed by atoms with Crippen LogP contribution in [0.4, 0.5) is 0 Å². The van der Waals surface area contributed by atoms with E-state index >= 15 is 0 Å². The largest absolute Gasteiger partial charge is 0.489 e. The summed E-state index contributed by atoms with van der Waals surface area (Å²) in [4.78, 5) is 16.8. The minimum Gasteiger partial charge on any atom is -0.489 e. The van der Waals surface area contributed by atoms with Crippen LogP contribution in [-0.2, 0) is 11.3 Å². The van der Waals surface area contributed by atoms with Gasteiger partial charge in [-0.25, -0.2) is 0 Å². The number of piperidine rings is 2. The van der Waals surface area contributed by atoms with E-state index in [0.717, 1.165) is 43.8 Å². The van der Waals surface area contributed by atoms with E-state index in [-0.39, 0.29) is 5.91 Å². The molecule has 1 amide bonds. The lowest BCUT2D eigenvalue weighted by atomic mass is 9.83. The molecule has 0 radical (unpaired) electrons. The van der Waals surface area contributed by atoms with Crippen LogP contribution in [0.3, 0.4) is 0 Å². The Morgan fingerprint density at radius 2 is 2.15 bits per heavy atom. The number of ether oxygens (including phenoxy) is 1. The summed E-state index contributed by atoms with van der Waals surface area (Å²) in [5, 5.41) is 0. The first kappa shape index (κ1) is 18.9.